The van der Waals surface area contributed by atoms with Crippen molar-refractivity contribution in [3.8, 4) is 6.07 Å². The second kappa shape index (κ2) is 5.50. The van der Waals surface area contributed by atoms with Gasteiger partial charge in [0.2, 0.25) is 11.8 Å². The lowest BCUT2D eigenvalue weighted by Gasteiger charge is -2.53. The number of carbonyl (C=O) groups is 2. The molecular weight excluding hydrogens is 413 g/mol. The van der Waals surface area contributed by atoms with Crippen LogP contribution in [-0.4, -0.2) is 39.6 Å². The van der Waals surface area contributed by atoms with E-state index in [0.717, 1.165) is 12.1 Å². The van der Waals surface area contributed by atoms with Gasteiger partial charge in [-0.25, -0.2) is 4.90 Å². The summed E-state index contributed by atoms with van der Waals surface area (Å²) in [6.07, 6.45) is -5.88. The van der Waals surface area contributed by atoms with Crippen LogP contribution in [0.2, 0.25) is 0 Å². The maximum atomic E-state index is 13.3. The Morgan fingerprint density at radius 1 is 1.34 bits per heavy atom. The van der Waals surface area contributed by atoms with Gasteiger partial charge in [-0.15, -0.1) is 11.6 Å². The number of rotatable bonds is 3. The molecular formula is C19H16ClF3N2O4. The Bertz CT molecular complexity index is 1010. The summed E-state index contributed by atoms with van der Waals surface area (Å²) in [5.74, 6) is -2.31. The third-order valence-electron chi connectivity index (χ3n) is 6.54. The Kier molecular flexibility index (Phi) is 3.82. The molecule has 1 saturated carbocycles. The van der Waals surface area contributed by atoms with Crippen LogP contribution in [0, 0.1) is 22.7 Å². The Balaban J connectivity index is 1.79. The highest BCUT2D eigenvalue weighted by Crippen LogP contribution is 2.84. The highest BCUT2D eigenvalue weighted by molar-refractivity contribution is 6.31. The quantitative estimate of drug-likeness (QED) is 0.590. The van der Waals surface area contributed by atoms with Crippen molar-refractivity contribution >= 4 is 29.1 Å². The number of amides is 2. The molecule has 1 N–H and O–H groups in total. The van der Waals surface area contributed by atoms with Gasteiger partial charge >= 0.3 is 6.18 Å². The highest BCUT2D eigenvalue weighted by Gasteiger charge is 3.01. The Morgan fingerprint density at radius 2 is 1.97 bits per heavy atom. The first-order valence-electron chi connectivity index (χ1n) is 8.81. The van der Waals surface area contributed by atoms with Gasteiger partial charge in [-0.2, -0.15) is 18.4 Å². The number of piperidine rings is 1. The summed E-state index contributed by atoms with van der Waals surface area (Å²) in [5, 5.41) is 17.8. The van der Waals surface area contributed by atoms with Crippen LogP contribution in [-0.2, 0) is 20.5 Å². The van der Waals surface area contributed by atoms with Crippen LogP contribution in [0.5, 0.6) is 0 Å². The van der Waals surface area contributed by atoms with E-state index in [9.17, 15) is 27.9 Å². The standard InChI is InChI=1S/C19H16ClF3N2O4/c1-8(26)13(20)17(3)18-12(16(18,2)29-17)14(27)25(15(18)28)10-5-4-9(7-24)11(6-10)19(21,22)23/h4-6,8,12-13,26H,1-3H3/t8-,12+,13-,16?,17?,18-/m1/s1. The van der Waals surface area contributed by atoms with Gasteiger partial charge in [-0.3, -0.25) is 9.59 Å². The Labute approximate surface area is 168 Å². The number of ether oxygens (including phenoxy) is 1. The zero-order valence-corrected chi connectivity index (χ0v) is 16.3. The second-order valence-electron chi connectivity index (χ2n) is 8.02. The number of imide groups is 1. The molecule has 2 amide bonds. The SMILES string of the molecule is C[C@@H](O)[C@@H](Cl)C1(C)OC2(C)[C@@H]3C(=O)N(c4ccc(C#N)c(C(F)(F)F)c4)C(=O)[C@@]312. The molecule has 2 aliphatic heterocycles. The summed E-state index contributed by atoms with van der Waals surface area (Å²) < 4.78 is 45.7. The smallest absolute Gasteiger partial charge is 0.392 e. The van der Waals surface area contributed by atoms with Crippen molar-refractivity contribution in [3.05, 3.63) is 29.3 Å². The topological polar surface area (TPSA) is 90.6 Å². The second-order valence-corrected chi connectivity index (χ2v) is 8.49. The van der Waals surface area contributed by atoms with Crippen LogP contribution >= 0.6 is 11.6 Å². The lowest BCUT2D eigenvalue weighted by Crippen LogP contribution is -2.68. The lowest BCUT2D eigenvalue weighted by molar-refractivity contribution is -0.244. The molecule has 29 heavy (non-hydrogen) atoms. The average Bonchev–Trinajstić information content (AvgIpc) is 2.97. The summed E-state index contributed by atoms with van der Waals surface area (Å²) in [5.41, 5.74) is -5.93. The minimum absolute atomic E-state index is 0.271. The fraction of sp³-hybridized carbons (Fsp3) is 0.526. The summed E-state index contributed by atoms with van der Waals surface area (Å²) in [6, 6.07) is 4.14. The molecule has 10 heteroatoms. The van der Waals surface area contributed by atoms with Crippen molar-refractivity contribution in [2.24, 2.45) is 11.3 Å². The first kappa shape index (κ1) is 20.1. The zero-order chi connectivity index (χ0) is 21.7. The summed E-state index contributed by atoms with van der Waals surface area (Å²) in [6.45, 7) is 4.52. The molecule has 0 aromatic heterocycles. The van der Waals surface area contributed by atoms with Crippen molar-refractivity contribution in [1.82, 2.24) is 0 Å². The highest BCUT2D eigenvalue weighted by atomic mass is 35.5. The molecule has 2 saturated heterocycles. The molecule has 1 spiro atoms. The maximum Gasteiger partial charge on any atom is 0.417 e. The van der Waals surface area contributed by atoms with E-state index in [1.54, 1.807) is 6.92 Å². The first-order chi connectivity index (χ1) is 13.3. The van der Waals surface area contributed by atoms with Gasteiger partial charge in [-0.05, 0) is 39.0 Å². The van der Waals surface area contributed by atoms with E-state index in [2.05, 4.69) is 0 Å². The fourth-order valence-electron chi connectivity index (χ4n) is 5.34. The maximum absolute atomic E-state index is 13.3. The number of anilines is 1. The number of carbonyl (C=O) groups excluding carboxylic acids is 2. The minimum Gasteiger partial charge on any atom is -0.392 e. The van der Waals surface area contributed by atoms with Gasteiger partial charge in [0.25, 0.3) is 0 Å². The van der Waals surface area contributed by atoms with Crippen molar-refractivity contribution in [2.45, 2.75) is 49.6 Å². The third kappa shape index (κ3) is 2.04. The van der Waals surface area contributed by atoms with E-state index in [-0.39, 0.29) is 5.69 Å². The van der Waals surface area contributed by atoms with E-state index < -0.39 is 63.1 Å². The van der Waals surface area contributed by atoms with Gasteiger partial charge in [0.15, 0.2) is 0 Å². The number of hydrogen-bond donors (Lipinski definition) is 1. The fourth-order valence-corrected chi connectivity index (χ4v) is 5.56. The molecule has 0 bridgehead atoms. The molecule has 6 nitrogen and oxygen atoms in total. The molecule has 1 aliphatic carbocycles. The third-order valence-corrected chi connectivity index (χ3v) is 7.32. The zero-order valence-electron chi connectivity index (χ0n) is 15.5. The van der Waals surface area contributed by atoms with Gasteiger partial charge in [0.1, 0.15) is 11.0 Å². The number of aliphatic hydroxyl groups is 1. The molecule has 2 heterocycles. The van der Waals surface area contributed by atoms with Crippen LogP contribution in [0.25, 0.3) is 0 Å². The van der Waals surface area contributed by atoms with Gasteiger partial charge in [0, 0.05) is 0 Å². The van der Waals surface area contributed by atoms with Crippen molar-refractivity contribution in [2.75, 3.05) is 4.90 Å². The van der Waals surface area contributed by atoms with Crippen molar-refractivity contribution in [3.63, 3.8) is 0 Å². The number of aliphatic hydroxyl groups excluding tert-OH is 1. The normalized spacial score (nSPS) is 37.3. The number of nitriles is 1. The van der Waals surface area contributed by atoms with Crippen LogP contribution in [0.15, 0.2) is 18.2 Å². The van der Waals surface area contributed by atoms with E-state index >= 15 is 0 Å². The monoisotopic (exact) mass is 428 g/mol. The number of halogens is 4. The molecule has 0 radical (unpaired) electrons. The van der Waals surface area contributed by atoms with Crippen LogP contribution in [0.3, 0.4) is 0 Å². The molecule has 154 valence electrons. The summed E-state index contributed by atoms with van der Waals surface area (Å²) >= 11 is 6.29. The van der Waals surface area contributed by atoms with E-state index in [1.807, 2.05) is 0 Å². The average molecular weight is 429 g/mol. The molecule has 1 aromatic carbocycles. The number of nitrogens with zero attached hydrogens (tertiary/aromatic N) is 2. The minimum atomic E-state index is -4.83. The molecule has 2 unspecified atom stereocenters. The van der Waals surface area contributed by atoms with Crippen molar-refractivity contribution in [1.29, 1.82) is 5.26 Å². The van der Waals surface area contributed by atoms with Gasteiger partial charge < -0.3 is 9.84 Å². The predicted octanol–water partition coefficient (Wildman–Crippen LogP) is 2.60. The van der Waals surface area contributed by atoms with Crippen molar-refractivity contribution < 1.29 is 32.6 Å². The number of benzene rings is 1. The Hall–Kier alpha value is -2.15. The summed E-state index contributed by atoms with van der Waals surface area (Å²) in [7, 11) is 0. The molecule has 1 aromatic rings. The molecule has 6 atom stereocenters. The van der Waals surface area contributed by atoms with E-state index in [1.165, 1.54) is 19.9 Å². The molecule has 4 rings (SSSR count). The molecule has 3 aliphatic rings. The van der Waals surface area contributed by atoms with Crippen LogP contribution in [0.1, 0.15) is 31.9 Å². The number of fused-ring (bicyclic) bond motifs is 1. The predicted molar refractivity (Wildman–Crippen MR) is 93.8 cm³/mol. The number of alkyl halides is 4. The van der Waals surface area contributed by atoms with Crippen LogP contribution < -0.4 is 4.90 Å². The lowest BCUT2D eigenvalue weighted by atomic mass is 9.73. The number of hydrogen-bond acceptors (Lipinski definition) is 5. The van der Waals surface area contributed by atoms with Gasteiger partial charge in [-0.1, -0.05) is 0 Å². The van der Waals surface area contributed by atoms with Crippen LogP contribution in [0.4, 0.5) is 18.9 Å². The Morgan fingerprint density at radius 3 is 2.48 bits per heavy atom. The first-order valence-corrected chi connectivity index (χ1v) is 9.24. The van der Waals surface area contributed by atoms with E-state index in [0.29, 0.717) is 11.0 Å². The largest absolute Gasteiger partial charge is 0.417 e. The molecule has 3 fully saturated rings. The van der Waals surface area contributed by atoms with E-state index in [4.69, 9.17) is 21.6 Å². The van der Waals surface area contributed by atoms with Gasteiger partial charge in [0.05, 0.1) is 45.9 Å². The summed E-state index contributed by atoms with van der Waals surface area (Å²) in [4.78, 5) is 27.0.